The minimum absolute atomic E-state index is 0.184. The van der Waals surface area contributed by atoms with Gasteiger partial charge in [-0.2, -0.15) is 5.26 Å². The molecule has 0 fully saturated rings. The van der Waals surface area contributed by atoms with Crippen LogP contribution in [0.15, 0.2) is 52.5 Å². The van der Waals surface area contributed by atoms with Crippen LogP contribution >= 0.6 is 27.5 Å². The van der Waals surface area contributed by atoms with Gasteiger partial charge in [-0.3, -0.25) is 14.9 Å². The van der Waals surface area contributed by atoms with Crippen molar-refractivity contribution in [2.24, 2.45) is 0 Å². The minimum atomic E-state index is -0.637. The SMILES string of the molecule is N#C/C(=C/c1cc([N+](=O)[O-])ccc1Cl)C(=O)Nc1ccc(Br)cc1. The van der Waals surface area contributed by atoms with E-state index in [0.29, 0.717) is 5.69 Å². The zero-order valence-corrected chi connectivity index (χ0v) is 14.3. The molecule has 0 aliphatic rings. The van der Waals surface area contributed by atoms with Crippen molar-refractivity contribution in [1.29, 1.82) is 5.26 Å². The first-order chi connectivity index (χ1) is 11.4. The fourth-order valence-corrected chi connectivity index (χ4v) is 2.23. The number of carbonyl (C=O) groups is 1. The molecule has 2 aromatic carbocycles. The molecule has 120 valence electrons. The normalized spacial score (nSPS) is 10.8. The van der Waals surface area contributed by atoms with Gasteiger partial charge in [-0.1, -0.05) is 27.5 Å². The second-order valence-electron chi connectivity index (χ2n) is 4.59. The highest BCUT2D eigenvalue weighted by Crippen LogP contribution is 2.24. The molecule has 0 atom stereocenters. The van der Waals surface area contributed by atoms with E-state index in [4.69, 9.17) is 11.6 Å². The molecule has 0 spiro atoms. The van der Waals surface area contributed by atoms with Crippen LogP contribution in [-0.2, 0) is 4.79 Å². The summed E-state index contributed by atoms with van der Waals surface area (Å²) in [6.07, 6.45) is 1.21. The molecule has 0 heterocycles. The number of nitriles is 1. The van der Waals surface area contributed by atoms with Crippen molar-refractivity contribution in [3.63, 3.8) is 0 Å². The molecule has 2 aromatic rings. The zero-order valence-electron chi connectivity index (χ0n) is 12.0. The molecule has 24 heavy (non-hydrogen) atoms. The lowest BCUT2D eigenvalue weighted by Crippen LogP contribution is -2.13. The van der Waals surface area contributed by atoms with Crippen molar-refractivity contribution in [2.75, 3.05) is 5.32 Å². The third kappa shape index (κ3) is 4.41. The van der Waals surface area contributed by atoms with Crippen LogP contribution in [0, 0.1) is 21.4 Å². The predicted octanol–water partition coefficient (Wildman–Crippen LogP) is 4.56. The van der Waals surface area contributed by atoms with E-state index >= 15 is 0 Å². The van der Waals surface area contributed by atoms with Crippen molar-refractivity contribution < 1.29 is 9.72 Å². The number of anilines is 1. The van der Waals surface area contributed by atoms with Crippen LogP contribution in [0.5, 0.6) is 0 Å². The van der Waals surface area contributed by atoms with E-state index in [0.717, 1.165) is 4.47 Å². The summed E-state index contributed by atoms with van der Waals surface area (Å²) in [6, 6.07) is 12.4. The second-order valence-corrected chi connectivity index (χ2v) is 5.92. The van der Waals surface area contributed by atoms with E-state index in [1.807, 2.05) is 0 Å². The Labute approximate surface area is 150 Å². The third-order valence-electron chi connectivity index (χ3n) is 2.96. The Morgan fingerprint density at radius 1 is 1.29 bits per heavy atom. The average Bonchev–Trinajstić information content (AvgIpc) is 2.55. The smallest absolute Gasteiger partial charge is 0.270 e. The Hall–Kier alpha value is -2.69. The minimum Gasteiger partial charge on any atom is -0.321 e. The van der Waals surface area contributed by atoms with Gasteiger partial charge in [-0.25, -0.2) is 0 Å². The molecular formula is C16H9BrClN3O3. The third-order valence-corrected chi connectivity index (χ3v) is 3.83. The number of nitrogens with one attached hydrogen (secondary N) is 1. The number of hydrogen-bond donors (Lipinski definition) is 1. The van der Waals surface area contributed by atoms with Gasteiger partial charge in [0.1, 0.15) is 11.6 Å². The molecule has 0 aromatic heterocycles. The zero-order chi connectivity index (χ0) is 17.7. The lowest BCUT2D eigenvalue weighted by atomic mass is 10.1. The van der Waals surface area contributed by atoms with E-state index in [2.05, 4.69) is 21.2 Å². The van der Waals surface area contributed by atoms with E-state index in [9.17, 15) is 20.2 Å². The van der Waals surface area contributed by atoms with Crippen molar-refractivity contribution >= 4 is 50.9 Å². The van der Waals surface area contributed by atoms with Gasteiger partial charge in [-0.05, 0) is 36.4 Å². The molecule has 0 saturated heterocycles. The van der Waals surface area contributed by atoms with Gasteiger partial charge in [0, 0.05) is 32.9 Å². The van der Waals surface area contributed by atoms with Crippen molar-refractivity contribution in [1.82, 2.24) is 0 Å². The van der Waals surface area contributed by atoms with Crippen LogP contribution in [0.25, 0.3) is 6.08 Å². The highest BCUT2D eigenvalue weighted by Gasteiger charge is 2.13. The number of nitro groups is 1. The molecule has 8 heteroatoms. The quantitative estimate of drug-likeness (QED) is 0.348. The number of nitrogens with zero attached hydrogens (tertiary/aromatic N) is 2. The first-order valence-electron chi connectivity index (χ1n) is 6.53. The average molecular weight is 407 g/mol. The maximum Gasteiger partial charge on any atom is 0.270 e. The van der Waals surface area contributed by atoms with Crippen molar-refractivity contribution in [3.05, 3.63) is 73.2 Å². The lowest BCUT2D eigenvalue weighted by molar-refractivity contribution is -0.384. The maximum absolute atomic E-state index is 12.2. The number of benzene rings is 2. The second kappa shape index (κ2) is 7.73. The van der Waals surface area contributed by atoms with Gasteiger partial charge in [0.2, 0.25) is 0 Å². The maximum atomic E-state index is 12.2. The fourth-order valence-electron chi connectivity index (χ4n) is 1.79. The first kappa shape index (κ1) is 17.7. The lowest BCUT2D eigenvalue weighted by Gasteiger charge is -2.05. The summed E-state index contributed by atoms with van der Waals surface area (Å²) in [5.74, 6) is -0.637. The number of carbonyl (C=O) groups excluding carboxylic acids is 1. The number of halogens is 2. The molecule has 1 amide bonds. The van der Waals surface area contributed by atoms with Gasteiger partial charge in [0.15, 0.2) is 0 Å². The summed E-state index contributed by atoms with van der Waals surface area (Å²) in [4.78, 5) is 22.4. The molecule has 0 radical (unpaired) electrons. The van der Waals surface area contributed by atoms with Crippen LogP contribution in [0.3, 0.4) is 0 Å². The van der Waals surface area contributed by atoms with Crippen molar-refractivity contribution in [2.45, 2.75) is 0 Å². The van der Waals surface area contributed by atoms with Crippen LogP contribution in [-0.4, -0.2) is 10.8 Å². The fraction of sp³-hybridized carbons (Fsp3) is 0. The monoisotopic (exact) mass is 405 g/mol. The molecular weight excluding hydrogens is 398 g/mol. The van der Waals surface area contributed by atoms with Crippen LogP contribution in [0.1, 0.15) is 5.56 Å². The van der Waals surface area contributed by atoms with Gasteiger partial charge in [0.05, 0.1) is 4.92 Å². The first-order valence-corrected chi connectivity index (χ1v) is 7.70. The molecule has 0 unspecified atom stereocenters. The Kier molecular flexibility index (Phi) is 5.68. The van der Waals surface area contributed by atoms with Crippen LogP contribution in [0.4, 0.5) is 11.4 Å². The Balaban J connectivity index is 2.30. The summed E-state index contributed by atoms with van der Waals surface area (Å²) >= 11 is 9.25. The molecule has 1 N–H and O–H groups in total. The number of nitro benzene ring substituents is 1. The van der Waals surface area contributed by atoms with Gasteiger partial charge in [-0.15, -0.1) is 0 Å². The van der Waals surface area contributed by atoms with Crippen molar-refractivity contribution in [3.8, 4) is 6.07 Å². The van der Waals surface area contributed by atoms with Gasteiger partial charge >= 0.3 is 0 Å². The van der Waals surface area contributed by atoms with Crippen LogP contribution in [0.2, 0.25) is 5.02 Å². The molecule has 0 saturated carbocycles. The summed E-state index contributed by atoms with van der Waals surface area (Å²) in [5, 5.41) is 22.8. The highest BCUT2D eigenvalue weighted by molar-refractivity contribution is 9.10. The van der Waals surface area contributed by atoms with E-state index in [1.54, 1.807) is 30.3 Å². The Morgan fingerprint density at radius 3 is 2.54 bits per heavy atom. The number of non-ortho nitro benzene ring substituents is 1. The summed E-state index contributed by atoms with van der Waals surface area (Å²) in [5.41, 5.74) is 0.319. The van der Waals surface area contributed by atoms with E-state index < -0.39 is 10.8 Å². The van der Waals surface area contributed by atoms with E-state index in [1.165, 1.54) is 24.3 Å². The predicted molar refractivity (Wildman–Crippen MR) is 94.5 cm³/mol. The number of rotatable bonds is 4. The highest BCUT2D eigenvalue weighted by atomic mass is 79.9. The Morgan fingerprint density at radius 2 is 1.96 bits per heavy atom. The number of amides is 1. The largest absolute Gasteiger partial charge is 0.321 e. The molecule has 0 aliphatic carbocycles. The van der Waals surface area contributed by atoms with E-state index in [-0.39, 0.29) is 21.8 Å². The van der Waals surface area contributed by atoms with Gasteiger partial charge < -0.3 is 5.32 Å². The standard InChI is InChI=1S/C16H9BrClN3O3/c17-12-1-3-13(4-2-12)20-16(22)11(9-19)7-10-8-14(21(23)24)5-6-15(10)18/h1-8H,(H,20,22)/b11-7-. The summed E-state index contributed by atoms with van der Waals surface area (Å²) in [6.45, 7) is 0. The number of hydrogen-bond acceptors (Lipinski definition) is 4. The molecule has 0 bridgehead atoms. The summed E-state index contributed by atoms with van der Waals surface area (Å²) < 4.78 is 0.847. The summed E-state index contributed by atoms with van der Waals surface area (Å²) in [7, 11) is 0. The van der Waals surface area contributed by atoms with Gasteiger partial charge in [0.25, 0.3) is 11.6 Å². The topological polar surface area (TPSA) is 96.0 Å². The van der Waals surface area contributed by atoms with Crippen LogP contribution < -0.4 is 5.32 Å². The Bertz CT molecular complexity index is 873. The molecule has 2 rings (SSSR count). The molecule has 6 nitrogen and oxygen atoms in total. The molecule has 0 aliphatic heterocycles.